The molecule has 0 saturated heterocycles. The average molecular weight is 367 g/mol. The highest BCUT2D eigenvalue weighted by molar-refractivity contribution is 8.07. The number of thiol groups is 4. The molecule has 0 rings (SSSR count). The van der Waals surface area contributed by atoms with Crippen molar-refractivity contribution in [3.8, 4) is 0 Å². The second-order valence-electron chi connectivity index (χ2n) is 3.39. The van der Waals surface area contributed by atoms with Crippen molar-refractivity contribution in [2.75, 3.05) is 40.3 Å². The van der Waals surface area contributed by atoms with Crippen molar-refractivity contribution < 1.29 is 0 Å². The van der Waals surface area contributed by atoms with Crippen LogP contribution in [0.2, 0.25) is 0 Å². The summed E-state index contributed by atoms with van der Waals surface area (Å²) in [6.07, 6.45) is 0. The first-order valence-corrected chi connectivity index (χ1v) is 11.0. The van der Waals surface area contributed by atoms with Gasteiger partial charge in [0.05, 0.1) is 4.08 Å². The Bertz CT molecular complexity index is 174. The van der Waals surface area contributed by atoms with Crippen LogP contribution in [-0.2, 0) is 0 Å². The van der Waals surface area contributed by atoms with Gasteiger partial charge < -0.3 is 0 Å². The summed E-state index contributed by atoms with van der Waals surface area (Å²) in [5, 5.41) is 0.348. The van der Waals surface area contributed by atoms with E-state index >= 15 is 0 Å². The third-order valence-electron chi connectivity index (χ3n) is 2.04. The van der Waals surface area contributed by atoms with Gasteiger partial charge in [0.2, 0.25) is 0 Å². The number of rotatable bonds is 11. The molecule has 0 aliphatic heterocycles. The predicted octanol–water partition coefficient (Wildman–Crippen LogP) is 3.99. The fourth-order valence-electron chi connectivity index (χ4n) is 1.05. The molecule has 0 bridgehead atoms. The number of hydrogen-bond donors (Lipinski definition) is 4. The van der Waals surface area contributed by atoms with E-state index < -0.39 is 0 Å². The molecule has 0 aromatic rings. The lowest BCUT2D eigenvalue weighted by Gasteiger charge is -2.29. The zero-order valence-electron chi connectivity index (χ0n) is 10.0. The quantitative estimate of drug-likeness (QED) is 0.248. The Hall–Kier alpha value is 2.45. The molecule has 0 aromatic heterocycles. The molecule has 0 aromatic carbocycles. The molecule has 0 amide bonds. The van der Waals surface area contributed by atoms with E-state index in [-0.39, 0.29) is 4.08 Å². The van der Waals surface area contributed by atoms with Gasteiger partial charge in [-0.3, -0.25) is 0 Å². The van der Waals surface area contributed by atoms with Crippen LogP contribution in [-0.4, -0.2) is 49.6 Å². The molecule has 1 unspecified atom stereocenters. The van der Waals surface area contributed by atoms with Gasteiger partial charge in [-0.15, -0.1) is 0 Å². The van der Waals surface area contributed by atoms with Crippen LogP contribution in [0, 0.1) is 0 Å². The Morgan fingerprint density at radius 1 is 1.00 bits per heavy atom. The summed E-state index contributed by atoms with van der Waals surface area (Å²) in [5.41, 5.74) is 0. The zero-order valence-corrected chi connectivity index (χ0v) is 16.1. The van der Waals surface area contributed by atoms with E-state index in [2.05, 4.69) is 57.4 Å². The van der Waals surface area contributed by atoms with Crippen molar-refractivity contribution >= 4 is 85.8 Å². The summed E-state index contributed by atoms with van der Waals surface area (Å²) in [6, 6.07) is 0. The summed E-state index contributed by atoms with van der Waals surface area (Å²) in [7, 11) is 0. The highest BCUT2D eigenvalue weighted by Gasteiger charge is 2.29. The van der Waals surface area contributed by atoms with Gasteiger partial charge >= 0.3 is 0 Å². The van der Waals surface area contributed by atoms with Crippen LogP contribution in [0.5, 0.6) is 0 Å². The summed E-state index contributed by atoms with van der Waals surface area (Å²) in [5.74, 6) is 7.55. The van der Waals surface area contributed by atoms with Gasteiger partial charge in [-0.2, -0.15) is 85.8 Å². The number of hydrogen-bond acceptors (Lipinski definition) is 7. The molecule has 0 fully saturated rings. The average Bonchev–Trinajstić information content (AvgIpc) is 2.32. The van der Waals surface area contributed by atoms with Crippen molar-refractivity contribution in [3.05, 3.63) is 0 Å². The van der Waals surface area contributed by atoms with Crippen LogP contribution < -0.4 is 0 Å². The Labute approximate surface area is 141 Å². The van der Waals surface area contributed by atoms with Crippen LogP contribution in [0.1, 0.15) is 6.92 Å². The Balaban J connectivity index is 3.57. The number of thioether (sulfide) groups is 3. The minimum atomic E-state index is -0.321. The fourth-order valence-corrected chi connectivity index (χ4v) is 5.97. The van der Waals surface area contributed by atoms with E-state index in [1.807, 2.05) is 35.3 Å². The van der Waals surface area contributed by atoms with Crippen LogP contribution in [0.4, 0.5) is 0 Å². The molecular weight excluding hydrogens is 345 g/mol. The first kappa shape index (κ1) is 19.4. The molecular formula is C10H22S7. The van der Waals surface area contributed by atoms with Crippen molar-refractivity contribution in [2.24, 2.45) is 0 Å². The van der Waals surface area contributed by atoms with Crippen LogP contribution in [0.15, 0.2) is 0 Å². The lowest BCUT2D eigenvalue weighted by atomic mass is 10.3. The molecule has 0 aliphatic carbocycles. The van der Waals surface area contributed by atoms with Gasteiger partial charge in [0, 0.05) is 39.8 Å². The largest absolute Gasteiger partial charge is 0.178 e. The second-order valence-corrected chi connectivity index (χ2v) is 9.95. The highest BCUT2D eigenvalue weighted by Crippen LogP contribution is 2.35. The molecule has 104 valence electrons. The minimum absolute atomic E-state index is 0.321. The Kier molecular flexibility index (Phi) is 14.0. The summed E-state index contributed by atoms with van der Waals surface area (Å²) < 4.78 is -0.321. The van der Waals surface area contributed by atoms with Crippen LogP contribution >= 0.6 is 85.8 Å². The van der Waals surface area contributed by atoms with Gasteiger partial charge in [0.25, 0.3) is 0 Å². The third kappa shape index (κ3) is 9.91. The molecule has 0 nitrogen and oxygen atoms in total. The lowest BCUT2D eigenvalue weighted by molar-refractivity contribution is 0.906. The van der Waals surface area contributed by atoms with Gasteiger partial charge in [0.1, 0.15) is 0 Å². The molecule has 7 heteroatoms. The first-order valence-electron chi connectivity index (χ1n) is 5.52. The highest BCUT2D eigenvalue weighted by atomic mass is 32.2. The first-order chi connectivity index (χ1) is 8.08. The zero-order chi connectivity index (χ0) is 13.1. The van der Waals surface area contributed by atoms with Crippen LogP contribution in [0.3, 0.4) is 0 Å². The fraction of sp³-hybridized carbons (Fsp3) is 1.00. The standard InChI is InChI=1S/C10H22S7/c1-2-15-3-4-16-5-6-17-9(7-11)10(13,14)8-12/h9,11-14H,2-8H2,1H3. The van der Waals surface area contributed by atoms with E-state index in [0.717, 1.165) is 11.5 Å². The molecule has 0 N–H and O–H groups in total. The summed E-state index contributed by atoms with van der Waals surface area (Å²) in [6.45, 7) is 2.21. The van der Waals surface area contributed by atoms with Gasteiger partial charge in [-0.1, -0.05) is 6.92 Å². The van der Waals surface area contributed by atoms with E-state index in [0.29, 0.717) is 11.0 Å². The van der Waals surface area contributed by atoms with E-state index in [1.165, 1.54) is 23.0 Å². The van der Waals surface area contributed by atoms with Gasteiger partial charge in [-0.05, 0) is 5.75 Å². The molecule has 0 heterocycles. The van der Waals surface area contributed by atoms with Crippen LogP contribution in [0.25, 0.3) is 0 Å². The monoisotopic (exact) mass is 366 g/mol. The summed E-state index contributed by atoms with van der Waals surface area (Å²) >= 11 is 23.7. The second kappa shape index (κ2) is 12.2. The van der Waals surface area contributed by atoms with E-state index in [4.69, 9.17) is 0 Å². The summed E-state index contributed by atoms with van der Waals surface area (Å²) in [4.78, 5) is 0. The molecule has 0 spiro atoms. The lowest BCUT2D eigenvalue weighted by Crippen LogP contribution is -2.32. The topological polar surface area (TPSA) is 0 Å². The maximum Gasteiger partial charge on any atom is 0.0765 e. The molecule has 1 atom stereocenters. The molecule has 17 heavy (non-hydrogen) atoms. The maximum absolute atomic E-state index is 4.54. The predicted molar refractivity (Wildman–Crippen MR) is 105 cm³/mol. The maximum atomic E-state index is 4.54. The Morgan fingerprint density at radius 3 is 2.12 bits per heavy atom. The van der Waals surface area contributed by atoms with Crippen molar-refractivity contribution in [3.63, 3.8) is 0 Å². The van der Waals surface area contributed by atoms with Gasteiger partial charge in [0.15, 0.2) is 0 Å². The smallest absolute Gasteiger partial charge is 0.0765 e. The molecule has 0 aliphatic rings. The van der Waals surface area contributed by atoms with E-state index in [1.54, 1.807) is 0 Å². The normalized spacial score (nSPS) is 13.9. The third-order valence-corrected chi connectivity index (χ3v) is 8.75. The van der Waals surface area contributed by atoms with Crippen molar-refractivity contribution in [2.45, 2.75) is 16.3 Å². The molecule has 0 radical (unpaired) electrons. The van der Waals surface area contributed by atoms with E-state index in [9.17, 15) is 0 Å². The van der Waals surface area contributed by atoms with Gasteiger partial charge in [-0.25, -0.2) is 0 Å². The molecule has 0 saturated carbocycles. The van der Waals surface area contributed by atoms with Crippen molar-refractivity contribution in [1.82, 2.24) is 0 Å². The van der Waals surface area contributed by atoms with Crippen molar-refractivity contribution in [1.29, 1.82) is 0 Å². The Morgan fingerprint density at radius 2 is 1.59 bits per heavy atom. The minimum Gasteiger partial charge on any atom is -0.178 e. The SMILES string of the molecule is CCSCCSCCSC(CS)C(S)(S)CS.